The number of nitrogens with two attached hydrogens (primary N) is 1. The first-order chi connectivity index (χ1) is 9.69. The van der Waals surface area contributed by atoms with Crippen molar-refractivity contribution >= 4 is 23.1 Å². The molecule has 0 saturated carbocycles. The molecule has 20 heavy (non-hydrogen) atoms. The smallest absolute Gasteiger partial charge is 0.345 e. The Morgan fingerprint density at radius 3 is 2.20 bits per heavy atom. The van der Waals surface area contributed by atoms with Crippen LogP contribution in [0, 0.1) is 0 Å². The van der Waals surface area contributed by atoms with Gasteiger partial charge in [0.15, 0.2) is 5.76 Å². The number of hydrogen-bond donors (Lipinski definition) is 2. The molecule has 0 bridgehead atoms. The summed E-state index contributed by atoms with van der Waals surface area (Å²) >= 11 is 1.18. The number of benzene rings is 1. The van der Waals surface area contributed by atoms with Crippen LogP contribution in [0.5, 0.6) is 0 Å². The van der Waals surface area contributed by atoms with Crippen LogP contribution in [0.15, 0.2) is 42.0 Å². The molecule has 0 aliphatic heterocycles. The lowest BCUT2D eigenvalue weighted by atomic mass is 10.1. The van der Waals surface area contributed by atoms with Crippen molar-refractivity contribution in [1.82, 2.24) is 0 Å². The summed E-state index contributed by atoms with van der Waals surface area (Å²) in [5, 5.41) is 8.98. The van der Waals surface area contributed by atoms with Crippen molar-refractivity contribution in [3.05, 3.63) is 62.9 Å². The first kappa shape index (κ1) is 12.9. The zero-order valence-corrected chi connectivity index (χ0v) is 11.4. The highest BCUT2D eigenvalue weighted by molar-refractivity contribution is 7.14. The highest BCUT2D eigenvalue weighted by Gasteiger charge is 2.22. The van der Waals surface area contributed by atoms with Gasteiger partial charge in [0, 0.05) is 0 Å². The molecule has 0 saturated heterocycles. The molecule has 0 amide bonds. The molecule has 0 unspecified atom stereocenters. The number of hydrogen-bond acceptors (Lipinski definition) is 4. The van der Waals surface area contributed by atoms with Crippen LogP contribution in [0.4, 0.5) is 0 Å². The largest absolute Gasteiger partial charge is 0.477 e. The second-order valence-corrected chi connectivity index (χ2v) is 5.73. The topological polar surface area (TPSA) is 72.5 Å². The van der Waals surface area contributed by atoms with Crippen molar-refractivity contribution in [2.24, 2.45) is 5.90 Å². The Morgan fingerprint density at radius 2 is 1.70 bits per heavy atom. The van der Waals surface area contributed by atoms with Crippen molar-refractivity contribution in [2.45, 2.75) is 12.8 Å². The molecule has 1 aliphatic carbocycles. The van der Waals surface area contributed by atoms with Crippen LogP contribution < -0.4 is 5.90 Å². The van der Waals surface area contributed by atoms with Crippen molar-refractivity contribution in [2.75, 3.05) is 0 Å². The molecule has 2 aromatic rings. The summed E-state index contributed by atoms with van der Waals surface area (Å²) in [7, 11) is 0. The maximum absolute atomic E-state index is 10.9. The van der Waals surface area contributed by atoms with Gasteiger partial charge in [-0.2, -0.15) is 5.90 Å². The molecule has 3 rings (SSSR count). The molecule has 0 spiro atoms. The van der Waals surface area contributed by atoms with Crippen LogP contribution in [-0.4, -0.2) is 11.1 Å². The summed E-state index contributed by atoms with van der Waals surface area (Å²) in [6.07, 6.45) is 1.59. The predicted octanol–water partition coefficient (Wildman–Crippen LogP) is 2.85. The summed E-state index contributed by atoms with van der Waals surface area (Å²) in [6, 6.07) is 11.5. The second kappa shape index (κ2) is 5.11. The number of allylic oxidation sites excluding steroid dienone is 1. The van der Waals surface area contributed by atoms with Crippen LogP contribution in [0.1, 0.15) is 25.7 Å². The van der Waals surface area contributed by atoms with E-state index in [0.29, 0.717) is 5.76 Å². The first-order valence-corrected chi connectivity index (χ1v) is 6.99. The molecule has 1 aromatic carbocycles. The van der Waals surface area contributed by atoms with Crippen LogP contribution in [0.25, 0.3) is 5.76 Å². The average molecular weight is 287 g/mol. The zero-order valence-electron chi connectivity index (χ0n) is 10.6. The lowest BCUT2D eigenvalue weighted by Gasteiger charge is -2.06. The predicted molar refractivity (Wildman–Crippen MR) is 77.3 cm³/mol. The molecular weight excluding hydrogens is 274 g/mol. The molecule has 0 radical (unpaired) electrons. The van der Waals surface area contributed by atoms with E-state index in [-0.39, 0.29) is 4.88 Å². The Bertz CT molecular complexity index is 676. The minimum Gasteiger partial charge on any atom is -0.477 e. The van der Waals surface area contributed by atoms with Crippen molar-refractivity contribution in [1.29, 1.82) is 0 Å². The molecule has 102 valence electrons. The molecule has 0 fully saturated rings. The summed E-state index contributed by atoms with van der Waals surface area (Å²) in [4.78, 5) is 17.0. The van der Waals surface area contributed by atoms with Gasteiger partial charge >= 0.3 is 5.97 Å². The van der Waals surface area contributed by atoms with Gasteiger partial charge in [-0.25, -0.2) is 4.79 Å². The van der Waals surface area contributed by atoms with E-state index >= 15 is 0 Å². The molecule has 1 heterocycles. The first-order valence-electron chi connectivity index (χ1n) is 6.18. The Balaban J connectivity index is 1.98. The van der Waals surface area contributed by atoms with Crippen LogP contribution in [0.3, 0.4) is 0 Å². The highest BCUT2D eigenvalue weighted by Crippen LogP contribution is 2.34. The molecule has 5 heteroatoms. The minimum absolute atomic E-state index is 0.283. The number of carboxylic acid groups (broad SMARTS) is 1. The van der Waals surface area contributed by atoms with Gasteiger partial charge in [0.2, 0.25) is 0 Å². The second-order valence-electron chi connectivity index (χ2n) is 4.64. The van der Waals surface area contributed by atoms with Crippen molar-refractivity contribution in [3.8, 4) is 0 Å². The van der Waals surface area contributed by atoms with Gasteiger partial charge < -0.3 is 9.94 Å². The van der Waals surface area contributed by atoms with E-state index < -0.39 is 5.97 Å². The van der Waals surface area contributed by atoms with Gasteiger partial charge in [-0.3, -0.25) is 0 Å². The lowest BCUT2D eigenvalue weighted by Crippen LogP contribution is -2.01. The molecule has 4 nitrogen and oxygen atoms in total. The fraction of sp³-hybridized carbons (Fsp3) is 0.133. The van der Waals surface area contributed by atoms with Gasteiger partial charge in [-0.1, -0.05) is 24.3 Å². The summed E-state index contributed by atoms with van der Waals surface area (Å²) in [6.45, 7) is 0. The maximum atomic E-state index is 10.9. The lowest BCUT2D eigenvalue weighted by molar-refractivity contribution is 0.0702. The van der Waals surface area contributed by atoms with Gasteiger partial charge in [0.1, 0.15) is 4.88 Å². The molecule has 1 aliphatic rings. The standard InChI is InChI=1S/C15H13NO3S/c16-19-14(12-5-6-13(20-12)15(17)18)11-7-9-3-1-2-4-10(9)8-11/h1-6H,7-8,16H2,(H,17,18). The van der Waals surface area contributed by atoms with Crippen LogP contribution in [0.2, 0.25) is 0 Å². The quantitative estimate of drug-likeness (QED) is 0.672. The van der Waals surface area contributed by atoms with Gasteiger partial charge in [-0.15, -0.1) is 11.3 Å². The van der Waals surface area contributed by atoms with E-state index in [4.69, 9.17) is 15.8 Å². The maximum Gasteiger partial charge on any atom is 0.345 e. The van der Waals surface area contributed by atoms with Gasteiger partial charge in [0.25, 0.3) is 0 Å². The van der Waals surface area contributed by atoms with Crippen molar-refractivity contribution < 1.29 is 14.7 Å². The fourth-order valence-corrected chi connectivity index (χ4v) is 3.36. The average Bonchev–Trinajstić information content (AvgIpc) is 3.06. The molecule has 1 aromatic heterocycles. The monoisotopic (exact) mass is 287 g/mol. The summed E-state index contributed by atoms with van der Waals surface area (Å²) in [5.41, 5.74) is 3.63. The van der Waals surface area contributed by atoms with E-state index in [1.807, 2.05) is 12.1 Å². The highest BCUT2D eigenvalue weighted by atomic mass is 32.1. The third kappa shape index (κ3) is 2.21. The minimum atomic E-state index is -0.933. The Hall–Kier alpha value is -2.11. The number of thiophene rings is 1. The van der Waals surface area contributed by atoms with Gasteiger partial charge in [0.05, 0.1) is 4.88 Å². The summed E-state index contributed by atoms with van der Waals surface area (Å²) < 4.78 is 0. The van der Waals surface area contributed by atoms with Crippen LogP contribution in [-0.2, 0) is 17.7 Å². The van der Waals surface area contributed by atoms with E-state index in [2.05, 4.69) is 12.1 Å². The SMILES string of the molecule is NOC(=C1Cc2ccccc2C1)c1ccc(C(=O)O)s1. The number of aromatic carboxylic acids is 1. The fourth-order valence-electron chi connectivity index (χ4n) is 2.48. The van der Waals surface area contributed by atoms with E-state index in [1.54, 1.807) is 12.1 Å². The Kier molecular flexibility index (Phi) is 3.30. The molecular formula is C15H13NO3S. The number of carboxylic acids is 1. The number of rotatable bonds is 3. The Labute approximate surface area is 120 Å². The number of carbonyl (C=O) groups is 1. The van der Waals surface area contributed by atoms with Crippen molar-refractivity contribution in [3.63, 3.8) is 0 Å². The van der Waals surface area contributed by atoms with E-state index in [0.717, 1.165) is 23.3 Å². The zero-order chi connectivity index (χ0) is 14.1. The third-order valence-electron chi connectivity index (χ3n) is 3.41. The summed E-state index contributed by atoms with van der Waals surface area (Å²) in [5.74, 6) is 5.07. The Morgan fingerprint density at radius 1 is 1.10 bits per heavy atom. The third-order valence-corrected chi connectivity index (χ3v) is 4.48. The van der Waals surface area contributed by atoms with Crippen LogP contribution >= 0.6 is 11.3 Å². The normalized spacial score (nSPS) is 13.2. The van der Waals surface area contributed by atoms with E-state index in [9.17, 15) is 4.79 Å². The molecule has 3 N–H and O–H groups in total. The van der Waals surface area contributed by atoms with E-state index in [1.165, 1.54) is 22.5 Å². The van der Waals surface area contributed by atoms with Gasteiger partial charge in [-0.05, 0) is 41.7 Å². The number of fused-ring (bicyclic) bond motifs is 1. The molecule has 0 atom stereocenters.